The van der Waals surface area contributed by atoms with E-state index in [-0.39, 0.29) is 0 Å². The summed E-state index contributed by atoms with van der Waals surface area (Å²) in [6, 6.07) is 3.62. The summed E-state index contributed by atoms with van der Waals surface area (Å²) in [4.78, 5) is 0. The van der Waals surface area contributed by atoms with Gasteiger partial charge in [0.25, 0.3) is 0 Å². The Morgan fingerprint density at radius 2 is 2.29 bits per heavy atom. The lowest BCUT2D eigenvalue weighted by Crippen LogP contribution is -1.93. The van der Waals surface area contributed by atoms with Gasteiger partial charge in [0.2, 0.25) is 0 Å². The van der Waals surface area contributed by atoms with Crippen LogP contribution in [-0.4, -0.2) is 11.7 Å². The molecule has 0 atom stereocenters. The van der Waals surface area contributed by atoms with Gasteiger partial charge in [-0.2, -0.15) is 0 Å². The number of aromatic hydroxyl groups is 1. The average molecular weight is 208 g/mol. The van der Waals surface area contributed by atoms with E-state index in [4.69, 9.17) is 4.74 Å². The van der Waals surface area contributed by atoms with E-state index < -0.39 is 0 Å². The molecule has 2 nitrogen and oxygen atoms in total. The third kappa shape index (κ3) is 1.34. The first kappa shape index (κ1) is 9.34. The molecule has 0 aliphatic carbocycles. The molecule has 3 heteroatoms. The number of rotatable bonds is 2. The van der Waals surface area contributed by atoms with Crippen LogP contribution in [0.3, 0.4) is 0 Å². The summed E-state index contributed by atoms with van der Waals surface area (Å²) in [5.74, 6) is 1.08. The van der Waals surface area contributed by atoms with Crippen LogP contribution in [0.15, 0.2) is 17.5 Å². The first-order chi connectivity index (χ1) is 6.74. The zero-order chi connectivity index (χ0) is 10.1. The normalized spacial score (nSPS) is 10.7. The van der Waals surface area contributed by atoms with Crippen molar-refractivity contribution in [2.24, 2.45) is 0 Å². The number of aryl methyl sites for hydroxylation is 1. The molecule has 1 aromatic heterocycles. The van der Waals surface area contributed by atoms with E-state index in [2.05, 4.69) is 0 Å². The predicted molar refractivity (Wildman–Crippen MR) is 59.4 cm³/mol. The lowest BCUT2D eigenvalue weighted by molar-refractivity contribution is 0.336. The van der Waals surface area contributed by atoms with Crippen molar-refractivity contribution in [2.45, 2.75) is 13.8 Å². The van der Waals surface area contributed by atoms with E-state index in [0.717, 1.165) is 21.4 Å². The molecule has 0 radical (unpaired) electrons. The molecular formula is C11H12O2S. The van der Waals surface area contributed by atoms with Crippen molar-refractivity contribution in [1.29, 1.82) is 0 Å². The first-order valence-electron chi connectivity index (χ1n) is 4.56. The van der Waals surface area contributed by atoms with Crippen molar-refractivity contribution >= 4 is 21.4 Å². The summed E-state index contributed by atoms with van der Waals surface area (Å²) in [6.45, 7) is 4.58. The number of phenols is 1. The van der Waals surface area contributed by atoms with E-state index in [1.54, 1.807) is 17.4 Å². The highest BCUT2D eigenvalue weighted by Crippen LogP contribution is 2.37. The minimum Gasteiger partial charge on any atom is -0.507 e. The Kier molecular flexibility index (Phi) is 2.33. The molecule has 0 aliphatic rings. The second-order valence-corrected chi connectivity index (χ2v) is 4.03. The van der Waals surface area contributed by atoms with Gasteiger partial charge in [0.05, 0.1) is 6.61 Å². The van der Waals surface area contributed by atoms with Crippen molar-refractivity contribution in [1.82, 2.24) is 0 Å². The molecule has 0 bridgehead atoms. The van der Waals surface area contributed by atoms with Crippen LogP contribution in [0.5, 0.6) is 11.5 Å². The molecule has 0 amide bonds. The molecule has 0 unspecified atom stereocenters. The number of hydrogen-bond donors (Lipinski definition) is 1. The van der Waals surface area contributed by atoms with Crippen molar-refractivity contribution in [3.8, 4) is 11.5 Å². The van der Waals surface area contributed by atoms with Gasteiger partial charge in [-0.1, -0.05) is 0 Å². The third-order valence-corrected chi connectivity index (χ3v) is 3.25. The Hall–Kier alpha value is -1.22. The van der Waals surface area contributed by atoms with Crippen LogP contribution >= 0.6 is 11.3 Å². The quantitative estimate of drug-likeness (QED) is 0.820. The van der Waals surface area contributed by atoms with Gasteiger partial charge in [0.1, 0.15) is 11.5 Å². The molecule has 1 aromatic carbocycles. The predicted octanol–water partition coefficient (Wildman–Crippen LogP) is 3.31. The molecule has 1 N–H and O–H groups in total. The van der Waals surface area contributed by atoms with Crippen molar-refractivity contribution in [3.63, 3.8) is 0 Å². The van der Waals surface area contributed by atoms with Crippen LogP contribution < -0.4 is 4.74 Å². The smallest absolute Gasteiger partial charge is 0.127 e. The largest absolute Gasteiger partial charge is 0.507 e. The fourth-order valence-corrected chi connectivity index (χ4v) is 2.45. The molecule has 0 saturated carbocycles. The minimum absolute atomic E-state index is 0.301. The maximum atomic E-state index is 9.72. The van der Waals surface area contributed by atoms with Gasteiger partial charge in [-0.05, 0) is 25.3 Å². The zero-order valence-corrected chi connectivity index (χ0v) is 9.02. The molecule has 2 rings (SSSR count). The summed E-state index contributed by atoms with van der Waals surface area (Å²) in [6.07, 6.45) is 0. The van der Waals surface area contributed by atoms with E-state index in [0.29, 0.717) is 12.4 Å². The highest BCUT2D eigenvalue weighted by molar-refractivity contribution is 7.17. The second kappa shape index (κ2) is 3.50. The molecule has 0 spiro atoms. The fourth-order valence-electron chi connectivity index (χ4n) is 1.53. The standard InChI is InChI=1S/C11H12O2S/c1-3-13-10-6-9(12)8-4-5-14-11(8)7(10)2/h4-6,12H,3H2,1-2H3. The topological polar surface area (TPSA) is 29.5 Å². The molecular weight excluding hydrogens is 196 g/mol. The fraction of sp³-hybridized carbons (Fsp3) is 0.273. The van der Waals surface area contributed by atoms with Gasteiger partial charge in [0.15, 0.2) is 0 Å². The van der Waals surface area contributed by atoms with E-state index in [1.165, 1.54) is 0 Å². The Balaban J connectivity index is 2.68. The van der Waals surface area contributed by atoms with E-state index >= 15 is 0 Å². The third-order valence-electron chi connectivity index (χ3n) is 2.22. The van der Waals surface area contributed by atoms with Gasteiger partial charge in [-0.25, -0.2) is 0 Å². The van der Waals surface area contributed by atoms with Gasteiger partial charge >= 0.3 is 0 Å². The van der Waals surface area contributed by atoms with Gasteiger partial charge < -0.3 is 9.84 Å². The lowest BCUT2D eigenvalue weighted by Gasteiger charge is -2.08. The van der Waals surface area contributed by atoms with Crippen molar-refractivity contribution in [3.05, 3.63) is 23.1 Å². The summed E-state index contributed by atoms with van der Waals surface area (Å²) in [7, 11) is 0. The lowest BCUT2D eigenvalue weighted by atomic mass is 10.1. The van der Waals surface area contributed by atoms with Crippen LogP contribution in [0.25, 0.3) is 10.1 Å². The van der Waals surface area contributed by atoms with Crippen LogP contribution in [-0.2, 0) is 0 Å². The summed E-state index contributed by atoms with van der Waals surface area (Å²) >= 11 is 1.63. The van der Waals surface area contributed by atoms with Gasteiger partial charge in [-0.15, -0.1) is 11.3 Å². The number of fused-ring (bicyclic) bond motifs is 1. The Bertz CT molecular complexity index is 460. The maximum absolute atomic E-state index is 9.72. The monoisotopic (exact) mass is 208 g/mol. The van der Waals surface area contributed by atoms with Crippen LogP contribution in [0.4, 0.5) is 0 Å². The number of benzene rings is 1. The first-order valence-corrected chi connectivity index (χ1v) is 5.44. The SMILES string of the molecule is CCOc1cc(O)c2ccsc2c1C. The number of thiophene rings is 1. The minimum atomic E-state index is 0.301. The van der Waals surface area contributed by atoms with Crippen molar-refractivity contribution in [2.75, 3.05) is 6.61 Å². The van der Waals surface area contributed by atoms with Crippen LogP contribution in [0, 0.1) is 6.92 Å². The van der Waals surface area contributed by atoms with E-state index in [1.807, 2.05) is 25.3 Å². The second-order valence-electron chi connectivity index (χ2n) is 3.12. The number of hydrogen-bond acceptors (Lipinski definition) is 3. The van der Waals surface area contributed by atoms with Gasteiger partial charge in [0, 0.05) is 21.7 Å². The number of phenolic OH excluding ortho intramolecular Hbond substituents is 1. The Labute approximate surface area is 86.8 Å². The molecule has 2 aromatic rings. The highest BCUT2D eigenvalue weighted by atomic mass is 32.1. The maximum Gasteiger partial charge on any atom is 0.127 e. The van der Waals surface area contributed by atoms with Crippen LogP contribution in [0.2, 0.25) is 0 Å². The number of ether oxygens (including phenoxy) is 1. The Morgan fingerprint density at radius 3 is 3.00 bits per heavy atom. The highest BCUT2D eigenvalue weighted by Gasteiger charge is 2.09. The van der Waals surface area contributed by atoms with Crippen LogP contribution in [0.1, 0.15) is 12.5 Å². The molecule has 14 heavy (non-hydrogen) atoms. The summed E-state index contributed by atoms with van der Waals surface area (Å²) in [5.41, 5.74) is 1.11. The molecule has 1 heterocycles. The summed E-state index contributed by atoms with van der Waals surface area (Å²) < 4.78 is 6.55. The van der Waals surface area contributed by atoms with E-state index in [9.17, 15) is 5.11 Å². The Morgan fingerprint density at radius 1 is 1.50 bits per heavy atom. The average Bonchev–Trinajstić information content (AvgIpc) is 2.63. The van der Waals surface area contributed by atoms with Crippen molar-refractivity contribution < 1.29 is 9.84 Å². The molecule has 0 fully saturated rings. The molecule has 0 saturated heterocycles. The zero-order valence-electron chi connectivity index (χ0n) is 8.20. The molecule has 0 aliphatic heterocycles. The van der Waals surface area contributed by atoms with Gasteiger partial charge in [-0.3, -0.25) is 0 Å². The summed E-state index contributed by atoms with van der Waals surface area (Å²) in [5, 5.41) is 12.6. The molecule has 74 valence electrons.